The highest BCUT2D eigenvalue weighted by Crippen LogP contribution is 2.39. The summed E-state index contributed by atoms with van der Waals surface area (Å²) in [5, 5.41) is 5.02. The second kappa shape index (κ2) is 15.2. The molecule has 8 heteroatoms. The standard InChI is InChI=1S/2C21H14Cl2N2/c2*22-16-9-5-14(6-10-16)13-24-21-18-3-1-2-4-19(18)25-20(21)15-7-11-17(23)12-8-15/h2*1-13,25H. The maximum absolute atomic E-state index is 6.02. The molecule has 50 heavy (non-hydrogen) atoms. The highest BCUT2D eigenvalue weighted by molar-refractivity contribution is 6.31. The van der Waals surface area contributed by atoms with Gasteiger partial charge in [0.15, 0.2) is 0 Å². The van der Waals surface area contributed by atoms with E-state index in [1.54, 1.807) is 0 Å². The first-order chi connectivity index (χ1) is 24.4. The Morgan fingerprint density at radius 1 is 0.380 bits per heavy atom. The maximum atomic E-state index is 6.02. The first-order valence-electron chi connectivity index (χ1n) is 15.7. The number of aromatic amines is 2. The molecule has 6 aromatic carbocycles. The van der Waals surface area contributed by atoms with Crippen molar-refractivity contribution in [2.45, 2.75) is 0 Å². The lowest BCUT2D eigenvalue weighted by Gasteiger charge is -2.01. The summed E-state index contributed by atoms with van der Waals surface area (Å²) in [6.45, 7) is 0. The predicted octanol–water partition coefficient (Wildman–Crippen LogP) is 13.8. The summed E-state index contributed by atoms with van der Waals surface area (Å²) in [7, 11) is 0. The SMILES string of the molecule is Clc1ccc(C=Nc2c(-c3ccc(Cl)cc3)[nH]c3ccccc23)cc1.Clc1ccc(C=Nc2c(-c3ccc(Cl)cc3)[nH]c3ccccc23)cc1. The molecule has 8 rings (SSSR count). The van der Waals surface area contributed by atoms with Gasteiger partial charge in [-0.2, -0.15) is 0 Å². The van der Waals surface area contributed by atoms with E-state index in [0.29, 0.717) is 20.1 Å². The van der Waals surface area contributed by atoms with E-state index in [2.05, 4.69) is 34.2 Å². The quantitative estimate of drug-likeness (QED) is 0.160. The van der Waals surface area contributed by atoms with E-state index in [4.69, 9.17) is 56.4 Å². The number of hydrogen-bond donors (Lipinski definition) is 2. The van der Waals surface area contributed by atoms with Crippen LogP contribution in [0.25, 0.3) is 44.3 Å². The molecule has 2 aromatic heterocycles. The van der Waals surface area contributed by atoms with E-state index in [1.807, 2.05) is 134 Å². The Morgan fingerprint density at radius 3 is 1.06 bits per heavy atom. The van der Waals surface area contributed by atoms with Gasteiger partial charge >= 0.3 is 0 Å². The highest BCUT2D eigenvalue weighted by Gasteiger charge is 2.13. The van der Waals surface area contributed by atoms with Crippen LogP contribution in [-0.2, 0) is 0 Å². The minimum atomic E-state index is 0.714. The van der Waals surface area contributed by atoms with Crippen molar-refractivity contribution in [3.05, 3.63) is 177 Å². The van der Waals surface area contributed by atoms with E-state index in [0.717, 1.165) is 66.8 Å². The average Bonchev–Trinajstić information content (AvgIpc) is 3.70. The summed E-state index contributed by atoms with van der Waals surface area (Å²) in [6.07, 6.45) is 3.71. The molecule has 0 bridgehead atoms. The minimum absolute atomic E-state index is 0.714. The topological polar surface area (TPSA) is 56.3 Å². The molecule has 4 nitrogen and oxygen atoms in total. The molecule has 0 aliphatic carbocycles. The third kappa shape index (κ3) is 7.70. The Hall–Kier alpha value is -5.10. The fraction of sp³-hybridized carbons (Fsp3) is 0. The Bertz CT molecular complexity index is 2270. The Morgan fingerprint density at radius 2 is 0.700 bits per heavy atom. The molecule has 0 saturated carbocycles. The summed E-state index contributed by atoms with van der Waals surface area (Å²) in [4.78, 5) is 16.5. The lowest BCUT2D eigenvalue weighted by Crippen LogP contribution is -1.81. The second-order valence-corrected chi connectivity index (χ2v) is 13.2. The van der Waals surface area contributed by atoms with Gasteiger partial charge in [0.05, 0.1) is 22.8 Å². The normalized spacial score (nSPS) is 11.4. The van der Waals surface area contributed by atoms with Crippen molar-refractivity contribution >= 4 is 92.0 Å². The van der Waals surface area contributed by atoms with E-state index in [1.165, 1.54) is 0 Å². The Kier molecular flexibility index (Phi) is 10.2. The Balaban J connectivity index is 0.000000157. The van der Waals surface area contributed by atoms with Crippen molar-refractivity contribution in [1.82, 2.24) is 9.97 Å². The number of H-pyrrole nitrogens is 2. The molecule has 244 valence electrons. The molecular weight excluding hydrogens is 702 g/mol. The molecular formula is C42H28Cl4N4. The van der Waals surface area contributed by atoms with Crippen LogP contribution in [0.5, 0.6) is 0 Å². The first-order valence-corrected chi connectivity index (χ1v) is 17.2. The molecule has 2 N–H and O–H groups in total. The number of nitrogens with zero attached hydrogens (tertiary/aromatic N) is 2. The van der Waals surface area contributed by atoms with Gasteiger partial charge in [-0.15, -0.1) is 0 Å². The van der Waals surface area contributed by atoms with E-state index in [9.17, 15) is 0 Å². The van der Waals surface area contributed by atoms with Gasteiger partial charge in [0.1, 0.15) is 0 Å². The van der Waals surface area contributed by atoms with Gasteiger partial charge in [-0.1, -0.05) is 131 Å². The molecule has 0 fully saturated rings. The zero-order valence-electron chi connectivity index (χ0n) is 26.4. The molecule has 0 aliphatic heterocycles. The van der Waals surface area contributed by atoms with E-state index < -0.39 is 0 Å². The number of fused-ring (bicyclic) bond motifs is 2. The van der Waals surface area contributed by atoms with Crippen LogP contribution >= 0.6 is 46.4 Å². The number of rotatable bonds is 6. The monoisotopic (exact) mass is 728 g/mol. The van der Waals surface area contributed by atoms with Crippen molar-refractivity contribution < 1.29 is 0 Å². The fourth-order valence-corrected chi connectivity index (χ4v) is 6.05. The first kappa shape index (κ1) is 33.4. The summed E-state index contributed by atoms with van der Waals surface area (Å²) in [6, 6.07) is 47.0. The summed E-state index contributed by atoms with van der Waals surface area (Å²) in [5.41, 5.74) is 9.96. The van der Waals surface area contributed by atoms with Crippen LogP contribution in [0.1, 0.15) is 11.1 Å². The molecule has 0 spiro atoms. The number of para-hydroxylation sites is 2. The van der Waals surface area contributed by atoms with Gasteiger partial charge in [0.2, 0.25) is 0 Å². The number of halogens is 4. The number of aliphatic imine (C=N–C) groups is 2. The van der Waals surface area contributed by atoms with Crippen LogP contribution in [0.3, 0.4) is 0 Å². The van der Waals surface area contributed by atoms with Crippen LogP contribution in [0.4, 0.5) is 11.4 Å². The average molecular weight is 731 g/mol. The summed E-state index contributed by atoms with van der Waals surface area (Å²) < 4.78 is 0. The predicted molar refractivity (Wildman–Crippen MR) is 215 cm³/mol. The van der Waals surface area contributed by atoms with E-state index >= 15 is 0 Å². The van der Waals surface area contributed by atoms with Crippen LogP contribution in [-0.4, -0.2) is 22.4 Å². The van der Waals surface area contributed by atoms with Crippen molar-refractivity contribution in [2.24, 2.45) is 9.98 Å². The zero-order valence-corrected chi connectivity index (χ0v) is 29.4. The number of hydrogen-bond acceptors (Lipinski definition) is 2. The molecule has 2 heterocycles. The summed E-state index contributed by atoms with van der Waals surface area (Å²) in [5.74, 6) is 0. The van der Waals surface area contributed by atoms with Gasteiger partial charge < -0.3 is 9.97 Å². The molecule has 0 atom stereocenters. The lowest BCUT2D eigenvalue weighted by molar-refractivity contribution is 1.43. The number of benzene rings is 6. The van der Waals surface area contributed by atoms with Crippen LogP contribution < -0.4 is 0 Å². The molecule has 0 radical (unpaired) electrons. The lowest BCUT2D eigenvalue weighted by atomic mass is 10.1. The zero-order chi connectivity index (χ0) is 34.5. The Labute approximate surface area is 309 Å². The van der Waals surface area contributed by atoms with Crippen molar-refractivity contribution in [3.8, 4) is 22.5 Å². The largest absolute Gasteiger partial charge is 0.353 e. The minimum Gasteiger partial charge on any atom is -0.353 e. The highest BCUT2D eigenvalue weighted by atomic mass is 35.5. The molecule has 8 aromatic rings. The molecule has 0 amide bonds. The van der Waals surface area contributed by atoms with Crippen LogP contribution in [0.15, 0.2) is 156 Å². The van der Waals surface area contributed by atoms with Crippen molar-refractivity contribution in [3.63, 3.8) is 0 Å². The van der Waals surface area contributed by atoms with E-state index in [-0.39, 0.29) is 0 Å². The number of aromatic nitrogens is 2. The second-order valence-electron chi connectivity index (χ2n) is 11.4. The van der Waals surface area contributed by atoms with Crippen LogP contribution in [0.2, 0.25) is 20.1 Å². The molecule has 0 saturated heterocycles. The molecule has 0 aliphatic rings. The van der Waals surface area contributed by atoms with Gasteiger partial charge in [-0.25, -0.2) is 0 Å². The molecule has 0 unspecified atom stereocenters. The fourth-order valence-electron chi connectivity index (χ4n) is 5.55. The summed E-state index contributed by atoms with van der Waals surface area (Å²) >= 11 is 23.9. The van der Waals surface area contributed by atoms with Crippen molar-refractivity contribution in [1.29, 1.82) is 0 Å². The van der Waals surface area contributed by atoms with Gasteiger partial charge in [0, 0.05) is 65.5 Å². The third-order valence-corrected chi connectivity index (χ3v) is 9.06. The third-order valence-electron chi connectivity index (χ3n) is 8.05. The van der Waals surface area contributed by atoms with Crippen LogP contribution in [0, 0.1) is 0 Å². The van der Waals surface area contributed by atoms with Crippen molar-refractivity contribution in [2.75, 3.05) is 0 Å². The smallest absolute Gasteiger partial charge is 0.0963 e. The van der Waals surface area contributed by atoms with Gasteiger partial charge in [-0.3, -0.25) is 9.98 Å². The van der Waals surface area contributed by atoms with Gasteiger partial charge in [0.25, 0.3) is 0 Å². The maximum Gasteiger partial charge on any atom is 0.0963 e. The number of nitrogens with one attached hydrogen (secondary N) is 2. The van der Waals surface area contributed by atoms with Gasteiger partial charge in [-0.05, 0) is 71.8 Å².